The molecular formula is C28H24N6O2. The second-order valence-corrected chi connectivity index (χ2v) is 8.49. The fourth-order valence-corrected chi connectivity index (χ4v) is 4.13. The van der Waals surface area contributed by atoms with Gasteiger partial charge in [0.1, 0.15) is 17.1 Å². The number of ketones is 1. The van der Waals surface area contributed by atoms with Crippen LogP contribution in [0.4, 0.5) is 11.5 Å². The summed E-state index contributed by atoms with van der Waals surface area (Å²) in [6, 6.07) is 22.6. The van der Waals surface area contributed by atoms with E-state index >= 15 is 0 Å². The molecule has 3 heterocycles. The van der Waals surface area contributed by atoms with E-state index in [0.29, 0.717) is 35.8 Å². The summed E-state index contributed by atoms with van der Waals surface area (Å²) in [4.78, 5) is 37.4. The maximum absolute atomic E-state index is 12.7. The molecule has 8 heteroatoms. The molecule has 0 saturated heterocycles. The van der Waals surface area contributed by atoms with Crippen LogP contribution in [0, 0.1) is 0 Å². The van der Waals surface area contributed by atoms with Gasteiger partial charge in [0.15, 0.2) is 11.5 Å². The first-order valence-corrected chi connectivity index (χ1v) is 11.5. The summed E-state index contributed by atoms with van der Waals surface area (Å²) in [6.45, 7) is 1.46. The minimum atomic E-state index is -0.127. The number of carbonyl (C=O) groups is 2. The van der Waals surface area contributed by atoms with Crippen molar-refractivity contribution < 1.29 is 9.59 Å². The first-order chi connectivity index (χ1) is 17.5. The zero-order chi connectivity index (χ0) is 25.1. The summed E-state index contributed by atoms with van der Waals surface area (Å²) < 4.78 is 1.95. The Labute approximate surface area is 207 Å². The number of imidazole rings is 1. The summed E-state index contributed by atoms with van der Waals surface area (Å²) in [5, 5.41) is 2.73. The average Bonchev–Trinajstić information content (AvgIpc) is 3.25. The molecule has 36 heavy (non-hydrogen) atoms. The quantitative estimate of drug-likeness (QED) is 0.360. The molecule has 5 rings (SSSR count). The minimum absolute atomic E-state index is 0.105. The van der Waals surface area contributed by atoms with Crippen LogP contribution in [0.3, 0.4) is 0 Å². The van der Waals surface area contributed by atoms with Crippen LogP contribution < -0.4 is 11.1 Å². The van der Waals surface area contributed by atoms with E-state index in [4.69, 9.17) is 10.7 Å². The molecule has 0 saturated carbocycles. The van der Waals surface area contributed by atoms with E-state index in [1.54, 1.807) is 24.5 Å². The lowest BCUT2D eigenvalue weighted by atomic mass is 10.0. The van der Waals surface area contributed by atoms with Gasteiger partial charge in [-0.3, -0.25) is 14.2 Å². The molecule has 0 fully saturated rings. The van der Waals surface area contributed by atoms with E-state index in [1.165, 1.54) is 6.92 Å². The summed E-state index contributed by atoms with van der Waals surface area (Å²) in [7, 11) is 0. The summed E-state index contributed by atoms with van der Waals surface area (Å²) >= 11 is 0. The molecule has 0 radical (unpaired) electrons. The zero-order valence-electron chi connectivity index (χ0n) is 19.7. The second-order valence-electron chi connectivity index (χ2n) is 8.49. The van der Waals surface area contributed by atoms with Crippen molar-refractivity contribution in [3.8, 4) is 17.1 Å². The molecule has 178 valence electrons. The Kier molecular flexibility index (Phi) is 6.23. The Morgan fingerprint density at radius 2 is 1.50 bits per heavy atom. The predicted molar refractivity (Wildman–Crippen MR) is 140 cm³/mol. The third-order valence-corrected chi connectivity index (χ3v) is 5.77. The molecule has 0 atom stereocenters. The van der Waals surface area contributed by atoms with Gasteiger partial charge >= 0.3 is 0 Å². The number of amides is 1. The lowest BCUT2D eigenvalue weighted by Gasteiger charge is -2.11. The van der Waals surface area contributed by atoms with Crippen molar-refractivity contribution in [3.63, 3.8) is 0 Å². The molecular weight excluding hydrogens is 452 g/mol. The molecule has 0 aliphatic heterocycles. The monoisotopic (exact) mass is 476 g/mol. The van der Waals surface area contributed by atoms with Crippen LogP contribution in [0.5, 0.6) is 0 Å². The largest absolute Gasteiger partial charge is 0.383 e. The molecule has 2 aromatic carbocycles. The van der Waals surface area contributed by atoms with Gasteiger partial charge in [-0.25, -0.2) is 15.0 Å². The van der Waals surface area contributed by atoms with Gasteiger partial charge in [-0.15, -0.1) is 0 Å². The standard InChI is InChI=1S/C28H24N6O2/c1-18(35)32-21-10-6-19(7-11-21)16-23(36)17-20-8-12-22(13-9-20)34-27(24-4-2-14-30-26(24)29)33-25-5-3-15-31-28(25)34/h2-15H,16-17H2,1H3,(H2,29,30)(H,32,35). The number of nitrogens with zero attached hydrogens (tertiary/aromatic N) is 4. The minimum Gasteiger partial charge on any atom is -0.383 e. The zero-order valence-corrected chi connectivity index (χ0v) is 19.7. The van der Waals surface area contributed by atoms with Gasteiger partial charge in [-0.05, 0) is 59.7 Å². The molecule has 0 aliphatic rings. The van der Waals surface area contributed by atoms with Crippen molar-refractivity contribution >= 4 is 34.4 Å². The molecule has 0 aliphatic carbocycles. The maximum Gasteiger partial charge on any atom is 0.221 e. The highest BCUT2D eigenvalue weighted by Gasteiger charge is 2.17. The normalized spacial score (nSPS) is 10.9. The number of nitrogens with two attached hydrogens (primary N) is 1. The van der Waals surface area contributed by atoms with Crippen molar-refractivity contribution in [1.29, 1.82) is 0 Å². The summed E-state index contributed by atoms with van der Waals surface area (Å²) in [6.07, 6.45) is 4.02. The van der Waals surface area contributed by atoms with Crippen molar-refractivity contribution in [2.24, 2.45) is 0 Å². The van der Waals surface area contributed by atoms with Crippen LogP contribution in [0.2, 0.25) is 0 Å². The van der Waals surface area contributed by atoms with E-state index in [1.807, 2.05) is 65.2 Å². The van der Waals surface area contributed by atoms with E-state index in [0.717, 1.165) is 27.9 Å². The number of anilines is 2. The van der Waals surface area contributed by atoms with E-state index in [9.17, 15) is 9.59 Å². The number of aromatic nitrogens is 4. The number of hydrogen-bond acceptors (Lipinski definition) is 6. The average molecular weight is 477 g/mol. The van der Waals surface area contributed by atoms with Gasteiger partial charge in [0, 0.05) is 43.5 Å². The summed E-state index contributed by atoms with van der Waals surface area (Å²) in [5.74, 6) is 1.02. The molecule has 3 aromatic heterocycles. The number of nitrogen functional groups attached to an aromatic ring is 1. The van der Waals surface area contributed by atoms with Crippen molar-refractivity contribution in [1.82, 2.24) is 19.5 Å². The van der Waals surface area contributed by atoms with Gasteiger partial charge in [0.2, 0.25) is 5.91 Å². The summed E-state index contributed by atoms with van der Waals surface area (Å²) in [5.41, 5.74) is 11.7. The highest BCUT2D eigenvalue weighted by atomic mass is 16.1. The number of carbonyl (C=O) groups excluding carboxylic acids is 2. The highest BCUT2D eigenvalue weighted by molar-refractivity contribution is 5.89. The molecule has 5 aromatic rings. The number of nitrogens with one attached hydrogen (secondary N) is 1. The van der Waals surface area contributed by atoms with E-state index < -0.39 is 0 Å². The Morgan fingerprint density at radius 1 is 0.861 bits per heavy atom. The smallest absolute Gasteiger partial charge is 0.221 e. The van der Waals surface area contributed by atoms with E-state index in [2.05, 4.69) is 15.3 Å². The molecule has 0 unspecified atom stereocenters. The molecule has 8 nitrogen and oxygen atoms in total. The number of fused-ring (bicyclic) bond motifs is 1. The fraction of sp³-hybridized carbons (Fsp3) is 0.107. The van der Waals surface area contributed by atoms with Crippen LogP contribution >= 0.6 is 0 Å². The number of pyridine rings is 2. The van der Waals surface area contributed by atoms with Crippen LogP contribution in [0.1, 0.15) is 18.1 Å². The van der Waals surface area contributed by atoms with E-state index in [-0.39, 0.29) is 11.7 Å². The Bertz CT molecular complexity index is 1560. The SMILES string of the molecule is CC(=O)Nc1ccc(CC(=O)Cc2ccc(-n3c(-c4cccnc4N)nc4cccnc43)cc2)cc1. The fourth-order valence-electron chi connectivity index (χ4n) is 4.13. The lowest BCUT2D eigenvalue weighted by Crippen LogP contribution is -2.08. The predicted octanol–water partition coefficient (Wildman–Crippen LogP) is 4.38. The highest BCUT2D eigenvalue weighted by Crippen LogP contribution is 2.30. The van der Waals surface area contributed by atoms with Gasteiger partial charge in [-0.1, -0.05) is 24.3 Å². The number of rotatable bonds is 7. The van der Waals surface area contributed by atoms with Crippen molar-refractivity contribution in [3.05, 3.63) is 96.3 Å². The molecule has 0 spiro atoms. The maximum atomic E-state index is 12.7. The second kappa shape index (κ2) is 9.79. The third kappa shape index (κ3) is 4.83. The molecule has 0 bridgehead atoms. The molecule has 3 N–H and O–H groups in total. The van der Waals surface area contributed by atoms with Crippen LogP contribution in [-0.4, -0.2) is 31.2 Å². The Morgan fingerprint density at radius 3 is 2.17 bits per heavy atom. The molecule has 1 amide bonds. The van der Waals surface area contributed by atoms with Gasteiger partial charge in [0.05, 0.1) is 5.56 Å². The van der Waals surface area contributed by atoms with Gasteiger partial charge in [0.25, 0.3) is 0 Å². The number of Topliss-reactive ketones (excluding diaryl/α,β-unsaturated/α-hetero) is 1. The van der Waals surface area contributed by atoms with Crippen molar-refractivity contribution in [2.75, 3.05) is 11.1 Å². The number of benzene rings is 2. The van der Waals surface area contributed by atoms with Crippen molar-refractivity contribution in [2.45, 2.75) is 19.8 Å². The van der Waals surface area contributed by atoms with Crippen LogP contribution in [0.15, 0.2) is 85.2 Å². The first kappa shape index (κ1) is 22.9. The Hall–Kier alpha value is -4.85. The first-order valence-electron chi connectivity index (χ1n) is 11.5. The van der Waals surface area contributed by atoms with Crippen LogP contribution in [0.25, 0.3) is 28.2 Å². The Balaban J connectivity index is 1.37. The van der Waals surface area contributed by atoms with Gasteiger partial charge in [-0.2, -0.15) is 0 Å². The third-order valence-electron chi connectivity index (χ3n) is 5.77. The lowest BCUT2D eigenvalue weighted by molar-refractivity contribution is -0.118. The topological polar surface area (TPSA) is 116 Å². The van der Waals surface area contributed by atoms with Gasteiger partial charge < -0.3 is 11.1 Å². The van der Waals surface area contributed by atoms with Crippen LogP contribution in [-0.2, 0) is 22.4 Å². The number of hydrogen-bond donors (Lipinski definition) is 2.